The predicted octanol–water partition coefficient (Wildman–Crippen LogP) is 4.74. The summed E-state index contributed by atoms with van der Waals surface area (Å²) in [6, 6.07) is 1.93. The normalized spacial score (nSPS) is 25.2. The Balaban J connectivity index is 1.15. The smallest absolute Gasteiger partial charge is 0.195 e. The third-order valence-electron chi connectivity index (χ3n) is 6.41. The first-order valence-corrected chi connectivity index (χ1v) is 11.6. The molecule has 2 N–H and O–H groups in total. The fourth-order valence-corrected chi connectivity index (χ4v) is 4.65. The minimum absolute atomic E-state index is 0.578. The molecule has 7 heteroatoms. The zero-order valence-electron chi connectivity index (χ0n) is 18.2. The monoisotopic (exact) mass is 441 g/mol. The van der Waals surface area contributed by atoms with Gasteiger partial charge in [0.15, 0.2) is 5.96 Å². The van der Waals surface area contributed by atoms with Crippen LogP contribution in [0, 0.1) is 17.8 Å². The lowest BCUT2D eigenvalue weighted by Crippen LogP contribution is -2.43. The highest BCUT2D eigenvalue weighted by molar-refractivity contribution is 6.29. The molecule has 4 rings (SSSR count). The van der Waals surface area contributed by atoms with E-state index in [1.165, 1.54) is 19.3 Å². The molecule has 1 saturated heterocycles. The van der Waals surface area contributed by atoms with Gasteiger partial charge in [-0.3, -0.25) is 0 Å². The van der Waals surface area contributed by atoms with Gasteiger partial charge in [0.2, 0.25) is 0 Å². The maximum absolute atomic E-state index is 6.08. The Bertz CT molecular complexity index is 887. The summed E-state index contributed by atoms with van der Waals surface area (Å²) < 4.78 is 7.94. The average Bonchev–Trinajstić information content (AvgIpc) is 3.42. The van der Waals surface area contributed by atoms with Gasteiger partial charge >= 0.3 is 0 Å². The Labute approximate surface area is 189 Å². The van der Waals surface area contributed by atoms with E-state index in [1.807, 2.05) is 23.0 Å². The van der Waals surface area contributed by atoms with Crippen molar-refractivity contribution in [2.45, 2.75) is 39.0 Å². The molecule has 0 amide bonds. The van der Waals surface area contributed by atoms with Gasteiger partial charge < -0.3 is 15.4 Å². The van der Waals surface area contributed by atoms with Crippen LogP contribution in [-0.2, 0) is 4.74 Å². The second-order valence-electron chi connectivity index (χ2n) is 8.58. The number of piperidine rings is 1. The Morgan fingerprint density at radius 2 is 2.16 bits per heavy atom. The molecule has 0 spiro atoms. The molecule has 2 unspecified atom stereocenters. The third kappa shape index (κ3) is 6.03. The molecule has 1 saturated carbocycles. The molecule has 2 fully saturated rings. The van der Waals surface area contributed by atoms with Crippen LogP contribution in [0.15, 0.2) is 64.7 Å². The summed E-state index contributed by atoms with van der Waals surface area (Å²) in [5.74, 6) is 3.99. The quantitative estimate of drug-likeness (QED) is 0.490. The highest BCUT2D eigenvalue weighted by Gasteiger charge is 2.43. The minimum Gasteiger partial charge on any atom is -0.494 e. The maximum Gasteiger partial charge on any atom is 0.195 e. The molecule has 2 heterocycles. The molecule has 0 aromatic carbocycles. The summed E-state index contributed by atoms with van der Waals surface area (Å²) in [4.78, 5) is 6.42. The van der Waals surface area contributed by atoms with Crippen molar-refractivity contribution in [1.29, 1.82) is 0 Å². The second kappa shape index (κ2) is 10.2. The van der Waals surface area contributed by atoms with Gasteiger partial charge in [-0.1, -0.05) is 17.7 Å². The van der Waals surface area contributed by atoms with E-state index in [-0.39, 0.29) is 0 Å². The van der Waals surface area contributed by atoms with Crippen molar-refractivity contribution in [3.63, 3.8) is 0 Å². The Morgan fingerprint density at radius 1 is 1.32 bits per heavy atom. The topological polar surface area (TPSA) is 68.7 Å². The molecule has 1 aromatic rings. The summed E-state index contributed by atoms with van der Waals surface area (Å²) in [7, 11) is 0. The predicted molar refractivity (Wildman–Crippen MR) is 126 cm³/mol. The fraction of sp³-hybridized carbons (Fsp3) is 0.500. The summed E-state index contributed by atoms with van der Waals surface area (Å²) in [5.41, 5.74) is 7.16. The maximum atomic E-state index is 6.08. The zero-order chi connectivity index (χ0) is 21.6. The molecule has 1 aromatic heterocycles. The number of nitrogens with two attached hydrogens (primary N) is 1. The number of guanidine groups is 1. The lowest BCUT2D eigenvalue weighted by atomic mass is 9.90. The molecule has 2 atom stereocenters. The van der Waals surface area contributed by atoms with E-state index in [0.717, 1.165) is 61.7 Å². The SMILES string of the molecule is C/C(Cl)=C\N=C(N)N1CCC(C2CC2CCOC2=CCC=C(n3cccn3)C=C2)CC1. The first kappa shape index (κ1) is 21.8. The van der Waals surface area contributed by atoms with Crippen molar-refractivity contribution in [3.05, 3.63) is 59.8 Å². The van der Waals surface area contributed by atoms with Gasteiger partial charge in [0.05, 0.1) is 12.3 Å². The van der Waals surface area contributed by atoms with E-state index < -0.39 is 0 Å². The van der Waals surface area contributed by atoms with E-state index in [1.54, 1.807) is 19.3 Å². The van der Waals surface area contributed by atoms with Crippen LogP contribution in [0.25, 0.3) is 5.70 Å². The summed E-state index contributed by atoms with van der Waals surface area (Å²) >= 11 is 5.83. The first-order chi connectivity index (χ1) is 15.1. The molecule has 3 aliphatic rings. The number of allylic oxidation sites excluding steroid dienone is 6. The van der Waals surface area contributed by atoms with E-state index >= 15 is 0 Å². The third-order valence-corrected chi connectivity index (χ3v) is 6.51. The lowest BCUT2D eigenvalue weighted by Gasteiger charge is -2.32. The van der Waals surface area contributed by atoms with Gasteiger partial charge in [-0.05, 0) is 81.1 Å². The van der Waals surface area contributed by atoms with Crippen molar-refractivity contribution in [2.75, 3.05) is 19.7 Å². The Kier molecular flexibility index (Phi) is 7.17. The minimum atomic E-state index is 0.578. The average molecular weight is 442 g/mol. The summed E-state index contributed by atoms with van der Waals surface area (Å²) in [6.45, 7) is 4.56. The van der Waals surface area contributed by atoms with Crippen LogP contribution in [0.5, 0.6) is 0 Å². The van der Waals surface area contributed by atoms with Gasteiger partial charge in [0.1, 0.15) is 5.76 Å². The Hall–Kier alpha value is -2.47. The van der Waals surface area contributed by atoms with Crippen molar-refractivity contribution in [3.8, 4) is 0 Å². The van der Waals surface area contributed by atoms with Crippen LogP contribution in [0.1, 0.15) is 39.0 Å². The molecular weight excluding hydrogens is 410 g/mol. The van der Waals surface area contributed by atoms with E-state index in [4.69, 9.17) is 22.1 Å². The van der Waals surface area contributed by atoms with E-state index in [2.05, 4.69) is 33.2 Å². The lowest BCUT2D eigenvalue weighted by molar-refractivity contribution is 0.201. The van der Waals surface area contributed by atoms with Gasteiger partial charge in [-0.25, -0.2) is 9.67 Å². The van der Waals surface area contributed by atoms with Crippen LogP contribution >= 0.6 is 11.6 Å². The number of aromatic nitrogens is 2. The van der Waals surface area contributed by atoms with E-state index in [9.17, 15) is 0 Å². The van der Waals surface area contributed by atoms with Crippen LogP contribution in [0.2, 0.25) is 0 Å². The van der Waals surface area contributed by atoms with E-state index in [0.29, 0.717) is 11.0 Å². The van der Waals surface area contributed by atoms with Crippen LogP contribution in [0.3, 0.4) is 0 Å². The molecule has 0 bridgehead atoms. The highest BCUT2D eigenvalue weighted by Crippen LogP contribution is 2.49. The van der Waals surface area contributed by atoms with Crippen LogP contribution in [0.4, 0.5) is 0 Å². The molecule has 31 heavy (non-hydrogen) atoms. The number of hydrogen-bond donors (Lipinski definition) is 1. The number of halogens is 1. The van der Waals surface area contributed by atoms with Gasteiger partial charge in [-0.15, -0.1) is 0 Å². The van der Waals surface area contributed by atoms with Crippen LogP contribution in [-0.4, -0.2) is 40.3 Å². The molecule has 2 aliphatic carbocycles. The largest absolute Gasteiger partial charge is 0.494 e. The molecule has 1 aliphatic heterocycles. The van der Waals surface area contributed by atoms with Gasteiger partial charge in [-0.2, -0.15) is 5.10 Å². The Morgan fingerprint density at radius 3 is 2.90 bits per heavy atom. The van der Waals surface area contributed by atoms with Gasteiger partial charge in [0.25, 0.3) is 0 Å². The summed E-state index contributed by atoms with van der Waals surface area (Å²) in [5, 5.41) is 4.94. The van der Waals surface area contributed by atoms with Crippen molar-refractivity contribution in [1.82, 2.24) is 14.7 Å². The van der Waals surface area contributed by atoms with Crippen molar-refractivity contribution < 1.29 is 4.74 Å². The number of rotatable bonds is 7. The zero-order valence-corrected chi connectivity index (χ0v) is 18.9. The number of aliphatic imine (C=N–C) groups is 1. The molecule has 6 nitrogen and oxygen atoms in total. The number of hydrogen-bond acceptors (Lipinski definition) is 3. The summed E-state index contributed by atoms with van der Waals surface area (Å²) in [6.07, 6.45) is 19.5. The first-order valence-electron chi connectivity index (χ1n) is 11.2. The second-order valence-corrected chi connectivity index (χ2v) is 9.18. The number of nitrogens with zero attached hydrogens (tertiary/aromatic N) is 4. The molecule has 0 radical (unpaired) electrons. The standard InChI is InChI=1S/C24H32ClN5O/c1-18(25)17-27-24(26)29-13-8-19(9-14-29)23-16-20(23)10-15-31-22-5-2-4-21(6-7-22)30-12-3-11-28-30/h3-7,11-12,17,19-20,23H,2,8-10,13-16H2,1H3,(H2,26,27)/b18-17+. The molecular formula is C24H32ClN5O. The fourth-order valence-electron chi connectivity index (χ4n) is 4.60. The number of ether oxygens (including phenoxy) is 1. The van der Waals surface area contributed by atoms with Crippen molar-refractivity contribution in [2.24, 2.45) is 28.5 Å². The van der Waals surface area contributed by atoms with Crippen molar-refractivity contribution >= 4 is 23.3 Å². The molecule has 166 valence electrons. The van der Waals surface area contributed by atoms with Crippen LogP contribution < -0.4 is 5.73 Å². The van der Waals surface area contributed by atoms with Gasteiger partial charge in [0, 0.05) is 36.7 Å². The number of likely N-dealkylation sites (tertiary alicyclic amines) is 1. The highest BCUT2D eigenvalue weighted by atomic mass is 35.5.